The average molecular weight is 303 g/mol. The van der Waals surface area contributed by atoms with Crippen LogP contribution in [-0.4, -0.2) is 17.0 Å². The molecule has 2 aromatic rings. The minimum absolute atomic E-state index is 0.462. The molecule has 3 rings (SSSR count). The van der Waals surface area contributed by atoms with Gasteiger partial charge in [-0.3, -0.25) is 10.7 Å². The summed E-state index contributed by atoms with van der Waals surface area (Å²) in [5.74, 6) is 6.07. The first-order valence-electron chi connectivity index (χ1n) is 7.31. The first-order valence-corrected chi connectivity index (χ1v) is 7.31. The van der Waals surface area contributed by atoms with Gasteiger partial charge >= 0.3 is 0 Å². The van der Waals surface area contributed by atoms with Crippen LogP contribution in [0.5, 0.6) is 0 Å². The summed E-state index contributed by atoms with van der Waals surface area (Å²) in [6, 6.07) is 21.7. The molecule has 1 unspecified atom stereocenters. The van der Waals surface area contributed by atoms with Crippen LogP contribution in [0.1, 0.15) is 11.1 Å². The topological polar surface area (TPSA) is 91.4 Å². The van der Waals surface area contributed by atoms with Gasteiger partial charge in [-0.2, -0.15) is 5.26 Å². The summed E-state index contributed by atoms with van der Waals surface area (Å²) in [7, 11) is 0. The van der Waals surface area contributed by atoms with E-state index < -0.39 is 6.29 Å². The van der Waals surface area contributed by atoms with Gasteiger partial charge in [0, 0.05) is 12.0 Å². The molecule has 5 heteroatoms. The van der Waals surface area contributed by atoms with Crippen LogP contribution in [0.25, 0.3) is 5.70 Å². The van der Waals surface area contributed by atoms with Crippen LogP contribution in [0.4, 0.5) is 0 Å². The molecule has 0 saturated carbocycles. The number of nitrogens with two attached hydrogens (primary N) is 2. The Balaban J connectivity index is 2.07. The van der Waals surface area contributed by atoms with E-state index in [1.54, 1.807) is 0 Å². The van der Waals surface area contributed by atoms with E-state index in [1.807, 2.05) is 60.7 Å². The standard InChI is InChI=1S/C18H17N5/c19-12-15-16(11-13-7-3-1-4-8-13)22-18(20)23(21)17(15)14-9-5-2-6-10-14/h1-10,18H,11,20-21H2. The first-order chi connectivity index (χ1) is 11.2. The Morgan fingerprint density at radius 1 is 1.04 bits per heavy atom. The Labute approximate surface area is 135 Å². The number of allylic oxidation sites excluding steroid dienone is 1. The smallest absolute Gasteiger partial charge is 0.187 e. The monoisotopic (exact) mass is 303 g/mol. The van der Waals surface area contributed by atoms with Gasteiger partial charge in [-0.15, -0.1) is 0 Å². The van der Waals surface area contributed by atoms with Gasteiger partial charge in [0.2, 0.25) is 0 Å². The SMILES string of the molecule is N#CC1=C(c2ccccc2)N(N)C(N)N=C1Cc1ccccc1. The predicted octanol–water partition coefficient (Wildman–Crippen LogP) is 2.04. The lowest BCUT2D eigenvalue weighted by atomic mass is 9.96. The molecule has 0 spiro atoms. The Kier molecular flexibility index (Phi) is 4.20. The van der Waals surface area contributed by atoms with Crippen LogP contribution >= 0.6 is 0 Å². The molecule has 1 heterocycles. The molecule has 0 fully saturated rings. The minimum Gasteiger partial charge on any atom is -0.291 e. The first kappa shape index (κ1) is 15.0. The van der Waals surface area contributed by atoms with Crippen molar-refractivity contribution >= 4 is 11.4 Å². The number of hydrogen-bond donors (Lipinski definition) is 2. The zero-order chi connectivity index (χ0) is 16.2. The summed E-state index contributed by atoms with van der Waals surface area (Å²) in [6.07, 6.45) is -0.164. The van der Waals surface area contributed by atoms with Crippen LogP contribution in [0.3, 0.4) is 0 Å². The van der Waals surface area contributed by atoms with Crippen molar-refractivity contribution in [3.63, 3.8) is 0 Å². The summed E-state index contributed by atoms with van der Waals surface area (Å²) < 4.78 is 0. The molecule has 23 heavy (non-hydrogen) atoms. The number of hydrogen-bond acceptors (Lipinski definition) is 5. The van der Waals surface area contributed by atoms with Crippen molar-refractivity contribution in [2.75, 3.05) is 0 Å². The Bertz CT molecular complexity index is 787. The highest BCUT2D eigenvalue weighted by atomic mass is 15.5. The van der Waals surface area contributed by atoms with E-state index in [0.717, 1.165) is 11.1 Å². The number of nitrogens with zero attached hydrogens (tertiary/aromatic N) is 3. The van der Waals surface area contributed by atoms with Crippen molar-refractivity contribution in [1.29, 1.82) is 5.26 Å². The molecule has 1 aliphatic rings. The third-order valence-corrected chi connectivity index (χ3v) is 3.73. The fourth-order valence-corrected chi connectivity index (χ4v) is 2.61. The highest BCUT2D eigenvalue weighted by Crippen LogP contribution is 2.27. The zero-order valence-corrected chi connectivity index (χ0v) is 12.6. The van der Waals surface area contributed by atoms with Crippen LogP contribution in [0, 0.1) is 11.3 Å². The number of nitriles is 1. The van der Waals surface area contributed by atoms with Gasteiger partial charge in [0.15, 0.2) is 6.29 Å². The lowest BCUT2D eigenvalue weighted by molar-refractivity contribution is 0.313. The van der Waals surface area contributed by atoms with E-state index in [1.165, 1.54) is 5.01 Å². The van der Waals surface area contributed by atoms with Gasteiger partial charge in [-0.05, 0) is 5.56 Å². The Hall–Kier alpha value is -2.94. The summed E-state index contributed by atoms with van der Waals surface area (Å²) >= 11 is 0. The fourth-order valence-electron chi connectivity index (χ4n) is 2.61. The van der Waals surface area contributed by atoms with Crippen molar-refractivity contribution < 1.29 is 0 Å². The number of aliphatic imine (C=N–C) groups is 1. The molecule has 2 aromatic carbocycles. The van der Waals surface area contributed by atoms with E-state index in [0.29, 0.717) is 23.4 Å². The molecule has 5 nitrogen and oxygen atoms in total. The second-order valence-electron chi connectivity index (χ2n) is 5.26. The van der Waals surface area contributed by atoms with E-state index in [2.05, 4.69) is 11.1 Å². The summed E-state index contributed by atoms with van der Waals surface area (Å²) in [5.41, 5.74) is 9.69. The second kappa shape index (κ2) is 6.44. The minimum atomic E-state index is -0.707. The average Bonchev–Trinajstić information content (AvgIpc) is 2.59. The third-order valence-electron chi connectivity index (χ3n) is 3.73. The van der Waals surface area contributed by atoms with Crippen molar-refractivity contribution in [2.45, 2.75) is 12.7 Å². The molecule has 0 aromatic heterocycles. The van der Waals surface area contributed by atoms with Gasteiger partial charge in [0.1, 0.15) is 6.07 Å². The zero-order valence-electron chi connectivity index (χ0n) is 12.6. The van der Waals surface area contributed by atoms with Gasteiger partial charge < -0.3 is 0 Å². The Morgan fingerprint density at radius 2 is 1.65 bits per heavy atom. The molecule has 0 saturated heterocycles. The second-order valence-corrected chi connectivity index (χ2v) is 5.26. The summed E-state index contributed by atoms with van der Waals surface area (Å²) in [6.45, 7) is 0. The van der Waals surface area contributed by atoms with Gasteiger partial charge in [0.05, 0.1) is 17.0 Å². The molecule has 0 aliphatic carbocycles. The number of benzene rings is 2. The van der Waals surface area contributed by atoms with E-state index in [4.69, 9.17) is 11.6 Å². The van der Waals surface area contributed by atoms with Crippen LogP contribution in [0.2, 0.25) is 0 Å². The van der Waals surface area contributed by atoms with Crippen molar-refractivity contribution in [1.82, 2.24) is 5.01 Å². The molecular weight excluding hydrogens is 286 g/mol. The van der Waals surface area contributed by atoms with Gasteiger partial charge in [-0.25, -0.2) is 10.8 Å². The highest BCUT2D eigenvalue weighted by Gasteiger charge is 2.27. The largest absolute Gasteiger partial charge is 0.291 e. The highest BCUT2D eigenvalue weighted by molar-refractivity contribution is 6.11. The van der Waals surface area contributed by atoms with E-state index >= 15 is 0 Å². The maximum atomic E-state index is 9.66. The van der Waals surface area contributed by atoms with Crippen LogP contribution < -0.4 is 11.6 Å². The molecule has 0 amide bonds. The van der Waals surface area contributed by atoms with Crippen molar-refractivity contribution in [2.24, 2.45) is 16.6 Å². The van der Waals surface area contributed by atoms with Crippen molar-refractivity contribution in [3.05, 3.63) is 77.4 Å². The molecule has 114 valence electrons. The summed E-state index contributed by atoms with van der Waals surface area (Å²) in [4.78, 5) is 4.40. The van der Waals surface area contributed by atoms with Crippen LogP contribution in [0.15, 0.2) is 71.2 Å². The molecular formula is C18H17N5. The van der Waals surface area contributed by atoms with Gasteiger partial charge in [0.25, 0.3) is 0 Å². The molecule has 0 bridgehead atoms. The quantitative estimate of drug-likeness (QED) is 0.849. The molecule has 1 atom stereocenters. The number of rotatable bonds is 3. The molecule has 1 aliphatic heterocycles. The van der Waals surface area contributed by atoms with Crippen molar-refractivity contribution in [3.8, 4) is 6.07 Å². The third kappa shape index (κ3) is 2.99. The van der Waals surface area contributed by atoms with Gasteiger partial charge in [-0.1, -0.05) is 60.7 Å². The van der Waals surface area contributed by atoms with Crippen LogP contribution in [-0.2, 0) is 6.42 Å². The Morgan fingerprint density at radius 3 is 2.26 bits per heavy atom. The maximum Gasteiger partial charge on any atom is 0.187 e. The lowest BCUT2D eigenvalue weighted by Gasteiger charge is -2.31. The van der Waals surface area contributed by atoms with E-state index in [-0.39, 0.29) is 0 Å². The van der Waals surface area contributed by atoms with E-state index in [9.17, 15) is 5.26 Å². The maximum absolute atomic E-state index is 9.66. The predicted molar refractivity (Wildman–Crippen MR) is 90.6 cm³/mol. The number of hydrazine groups is 1. The summed E-state index contributed by atoms with van der Waals surface area (Å²) in [5, 5.41) is 11.0. The lowest BCUT2D eigenvalue weighted by Crippen LogP contribution is -2.48. The molecule has 0 radical (unpaired) electrons. The fraction of sp³-hybridized carbons (Fsp3) is 0.111. The normalized spacial score (nSPS) is 17.7. The molecule has 4 N–H and O–H groups in total.